The molecule has 1 aromatic heterocycles. The molecule has 1 heterocycles. The van der Waals surface area contributed by atoms with Gasteiger partial charge in [0.1, 0.15) is 5.82 Å². The molecule has 0 saturated carbocycles. The first-order valence-electron chi connectivity index (χ1n) is 6.67. The fourth-order valence-electron chi connectivity index (χ4n) is 2.31. The minimum atomic E-state index is -1.19. The fourth-order valence-corrected chi connectivity index (χ4v) is 3.04. The van der Waals surface area contributed by atoms with E-state index in [-0.39, 0.29) is 12.1 Å². The van der Waals surface area contributed by atoms with Gasteiger partial charge in [-0.1, -0.05) is 13.0 Å². The third-order valence-electron chi connectivity index (χ3n) is 3.41. The second kappa shape index (κ2) is 7.06. The standard InChI is InChI=1S/C15H17F3N2S/c1-2-20(9-10-4-3-5-21-10)15(8-19)11-6-13(17)14(18)7-12(11)16/h3-7,15H,2,8-9,19H2,1H3. The van der Waals surface area contributed by atoms with Gasteiger partial charge >= 0.3 is 0 Å². The number of likely N-dealkylation sites (N-methyl/N-ethyl adjacent to an activating group) is 1. The van der Waals surface area contributed by atoms with E-state index >= 15 is 0 Å². The Balaban J connectivity index is 2.30. The fraction of sp³-hybridized carbons (Fsp3) is 0.333. The summed E-state index contributed by atoms with van der Waals surface area (Å²) in [5.41, 5.74) is 5.84. The van der Waals surface area contributed by atoms with E-state index in [1.165, 1.54) is 0 Å². The maximum atomic E-state index is 14.0. The predicted molar refractivity (Wildman–Crippen MR) is 78.5 cm³/mol. The third kappa shape index (κ3) is 3.64. The van der Waals surface area contributed by atoms with Crippen molar-refractivity contribution in [2.75, 3.05) is 13.1 Å². The van der Waals surface area contributed by atoms with Crippen LogP contribution in [0.25, 0.3) is 0 Å². The minimum absolute atomic E-state index is 0.0924. The van der Waals surface area contributed by atoms with Gasteiger partial charge in [0.15, 0.2) is 11.6 Å². The average Bonchev–Trinajstić information content (AvgIpc) is 2.96. The van der Waals surface area contributed by atoms with Crippen molar-refractivity contribution in [3.05, 3.63) is 57.5 Å². The van der Waals surface area contributed by atoms with Gasteiger partial charge in [0.25, 0.3) is 0 Å². The largest absolute Gasteiger partial charge is 0.329 e. The smallest absolute Gasteiger partial charge is 0.161 e. The Labute approximate surface area is 126 Å². The Bertz CT molecular complexity index is 587. The predicted octanol–water partition coefficient (Wildman–Crippen LogP) is 3.69. The molecule has 0 spiro atoms. The summed E-state index contributed by atoms with van der Waals surface area (Å²) in [6.45, 7) is 3.27. The zero-order valence-electron chi connectivity index (χ0n) is 11.7. The van der Waals surface area contributed by atoms with Gasteiger partial charge < -0.3 is 5.73 Å². The summed E-state index contributed by atoms with van der Waals surface area (Å²) in [5.74, 6) is -3.01. The highest BCUT2D eigenvalue weighted by molar-refractivity contribution is 7.09. The number of thiophene rings is 1. The van der Waals surface area contributed by atoms with Crippen LogP contribution in [0.3, 0.4) is 0 Å². The molecule has 0 aliphatic carbocycles. The monoisotopic (exact) mass is 314 g/mol. The zero-order chi connectivity index (χ0) is 15.4. The van der Waals surface area contributed by atoms with Crippen LogP contribution in [0.15, 0.2) is 29.6 Å². The first kappa shape index (κ1) is 16.0. The lowest BCUT2D eigenvalue weighted by atomic mass is 10.0. The molecule has 2 rings (SSSR count). The molecule has 21 heavy (non-hydrogen) atoms. The van der Waals surface area contributed by atoms with Crippen LogP contribution < -0.4 is 5.73 Å². The van der Waals surface area contributed by atoms with Gasteiger partial charge in [-0.15, -0.1) is 11.3 Å². The average molecular weight is 314 g/mol. The van der Waals surface area contributed by atoms with Gasteiger partial charge in [0.2, 0.25) is 0 Å². The zero-order valence-corrected chi connectivity index (χ0v) is 12.5. The summed E-state index contributed by atoms with van der Waals surface area (Å²) < 4.78 is 40.4. The summed E-state index contributed by atoms with van der Waals surface area (Å²) in [7, 11) is 0. The number of nitrogens with two attached hydrogens (primary N) is 1. The van der Waals surface area contributed by atoms with Crippen LogP contribution in [0, 0.1) is 17.5 Å². The summed E-state index contributed by atoms with van der Waals surface area (Å²) >= 11 is 1.59. The molecule has 0 bridgehead atoms. The molecular formula is C15H17F3N2S. The lowest BCUT2D eigenvalue weighted by Crippen LogP contribution is -2.33. The van der Waals surface area contributed by atoms with Crippen LogP contribution >= 0.6 is 11.3 Å². The molecule has 114 valence electrons. The molecule has 0 amide bonds. The first-order chi connectivity index (χ1) is 10.1. The summed E-state index contributed by atoms with van der Waals surface area (Å²) in [6, 6.07) is 4.89. The Morgan fingerprint density at radius 2 is 1.90 bits per heavy atom. The molecule has 1 unspecified atom stereocenters. The van der Waals surface area contributed by atoms with E-state index in [2.05, 4.69) is 0 Å². The van der Waals surface area contributed by atoms with E-state index in [9.17, 15) is 13.2 Å². The Morgan fingerprint density at radius 1 is 1.19 bits per heavy atom. The second-order valence-corrected chi connectivity index (χ2v) is 5.71. The highest BCUT2D eigenvalue weighted by Gasteiger charge is 2.23. The molecule has 0 aliphatic heterocycles. The molecule has 2 N–H and O–H groups in total. The highest BCUT2D eigenvalue weighted by atomic mass is 32.1. The van der Waals surface area contributed by atoms with Crippen molar-refractivity contribution in [1.82, 2.24) is 4.90 Å². The van der Waals surface area contributed by atoms with Gasteiger partial charge in [-0.25, -0.2) is 13.2 Å². The normalized spacial score (nSPS) is 12.9. The lowest BCUT2D eigenvalue weighted by Gasteiger charge is -2.30. The SMILES string of the molecule is CCN(Cc1cccs1)C(CN)c1cc(F)c(F)cc1F. The van der Waals surface area contributed by atoms with Gasteiger partial charge in [-0.2, -0.15) is 0 Å². The number of hydrogen-bond donors (Lipinski definition) is 1. The Hall–Kier alpha value is -1.37. The number of hydrogen-bond acceptors (Lipinski definition) is 3. The van der Waals surface area contributed by atoms with E-state index in [1.54, 1.807) is 11.3 Å². The maximum Gasteiger partial charge on any atom is 0.161 e. The van der Waals surface area contributed by atoms with Crippen molar-refractivity contribution >= 4 is 11.3 Å². The van der Waals surface area contributed by atoms with Gasteiger partial charge in [0.05, 0.1) is 6.04 Å². The van der Waals surface area contributed by atoms with Crippen molar-refractivity contribution in [2.24, 2.45) is 5.73 Å². The second-order valence-electron chi connectivity index (χ2n) is 4.68. The van der Waals surface area contributed by atoms with Crippen LogP contribution in [0.2, 0.25) is 0 Å². The van der Waals surface area contributed by atoms with Gasteiger partial charge in [0, 0.05) is 29.6 Å². The van der Waals surface area contributed by atoms with Crippen LogP contribution in [0.4, 0.5) is 13.2 Å². The van der Waals surface area contributed by atoms with E-state index in [0.29, 0.717) is 19.2 Å². The van der Waals surface area contributed by atoms with Crippen LogP contribution in [0.1, 0.15) is 23.4 Å². The lowest BCUT2D eigenvalue weighted by molar-refractivity contribution is 0.200. The number of halogens is 3. The molecular weight excluding hydrogens is 297 g/mol. The summed E-state index contributed by atoms with van der Waals surface area (Å²) in [4.78, 5) is 3.06. The van der Waals surface area contributed by atoms with Crippen molar-refractivity contribution in [2.45, 2.75) is 19.5 Å². The van der Waals surface area contributed by atoms with E-state index in [4.69, 9.17) is 5.73 Å². The Kier molecular flexibility index (Phi) is 5.39. The van der Waals surface area contributed by atoms with E-state index in [1.807, 2.05) is 29.3 Å². The van der Waals surface area contributed by atoms with Crippen molar-refractivity contribution in [3.63, 3.8) is 0 Å². The van der Waals surface area contributed by atoms with Crippen molar-refractivity contribution < 1.29 is 13.2 Å². The van der Waals surface area contributed by atoms with Crippen molar-refractivity contribution in [1.29, 1.82) is 0 Å². The minimum Gasteiger partial charge on any atom is -0.329 e. The highest BCUT2D eigenvalue weighted by Crippen LogP contribution is 2.27. The summed E-state index contributed by atoms with van der Waals surface area (Å²) in [6.07, 6.45) is 0. The molecule has 1 aromatic carbocycles. The molecule has 6 heteroatoms. The molecule has 0 aliphatic rings. The molecule has 0 radical (unpaired) electrons. The first-order valence-corrected chi connectivity index (χ1v) is 7.55. The van der Waals surface area contributed by atoms with E-state index < -0.39 is 23.5 Å². The van der Waals surface area contributed by atoms with Gasteiger partial charge in [-0.3, -0.25) is 4.90 Å². The maximum absolute atomic E-state index is 14.0. The van der Waals surface area contributed by atoms with Gasteiger partial charge in [-0.05, 0) is 24.1 Å². The van der Waals surface area contributed by atoms with Crippen LogP contribution in [-0.2, 0) is 6.54 Å². The van der Waals surface area contributed by atoms with Crippen LogP contribution in [-0.4, -0.2) is 18.0 Å². The molecule has 0 fully saturated rings. The van der Waals surface area contributed by atoms with Crippen molar-refractivity contribution in [3.8, 4) is 0 Å². The van der Waals surface area contributed by atoms with E-state index in [0.717, 1.165) is 10.9 Å². The third-order valence-corrected chi connectivity index (χ3v) is 4.27. The molecule has 2 nitrogen and oxygen atoms in total. The molecule has 2 aromatic rings. The number of nitrogens with zero attached hydrogens (tertiary/aromatic N) is 1. The van der Waals surface area contributed by atoms with Crippen LogP contribution in [0.5, 0.6) is 0 Å². The summed E-state index contributed by atoms with van der Waals surface area (Å²) in [5, 5.41) is 1.96. The molecule has 1 atom stereocenters. The topological polar surface area (TPSA) is 29.3 Å². The quantitative estimate of drug-likeness (QED) is 0.824. The number of benzene rings is 1. The Morgan fingerprint density at radius 3 is 2.48 bits per heavy atom. The number of rotatable bonds is 6. The molecule has 0 saturated heterocycles.